The largest absolute Gasteiger partial charge is 0.390 e. The number of fused-ring (bicyclic) bond motifs is 1. The Labute approximate surface area is 86.3 Å². The van der Waals surface area contributed by atoms with E-state index in [0.29, 0.717) is 6.04 Å². The van der Waals surface area contributed by atoms with E-state index >= 15 is 0 Å². The summed E-state index contributed by atoms with van der Waals surface area (Å²) >= 11 is 0. The Morgan fingerprint density at radius 2 is 2.07 bits per heavy atom. The predicted molar refractivity (Wildman–Crippen MR) is 56.1 cm³/mol. The highest BCUT2D eigenvalue weighted by atomic mass is 16.3. The zero-order chi connectivity index (χ0) is 9.60. The van der Waals surface area contributed by atoms with Crippen molar-refractivity contribution in [2.45, 2.75) is 56.6 Å². The van der Waals surface area contributed by atoms with Crippen LogP contribution in [0.15, 0.2) is 0 Å². The first-order valence-corrected chi connectivity index (χ1v) is 6.22. The van der Waals surface area contributed by atoms with Crippen molar-refractivity contribution < 1.29 is 5.11 Å². The molecule has 0 aromatic heterocycles. The molecule has 2 atom stereocenters. The summed E-state index contributed by atoms with van der Waals surface area (Å²) in [6, 6.07) is 0.715. The molecule has 0 aromatic carbocycles. The third-order valence-electron chi connectivity index (χ3n) is 4.34. The van der Waals surface area contributed by atoms with Crippen molar-refractivity contribution >= 4 is 0 Å². The van der Waals surface area contributed by atoms with Gasteiger partial charge in [0.05, 0.1) is 5.60 Å². The molecular weight excluding hydrogens is 174 g/mol. The SMILES string of the molecule is OC1(CC2CC2)CCN2CCCC2C1. The zero-order valence-corrected chi connectivity index (χ0v) is 8.91. The Morgan fingerprint density at radius 3 is 2.86 bits per heavy atom. The van der Waals surface area contributed by atoms with Crippen LogP contribution in [0.25, 0.3) is 0 Å². The average molecular weight is 195 g/mol. The van der Waals surface area contributed by atoms with Crippen LogP contribution in [0.4, 0.5) is 0 Å². The van der Waals surface area contributed by atoms with Crippen molar-refractivity contribution in [3.8, 4) is 0 Å². The van der Waals surface area contributed by atoms with Crippen LogP contribution in [-0.2, 0) is 0 Å². The van der Waals surface area contributed by atoms with Gasteiger partial charge in [0.25, 0.3) is 0 Å². The first-order valence-electron chi connectivity index (χ1n) is 6.22. The number of piperidine rings is 1. The molecule has 3 aliphatic rings. The van der Waals surface area contributed by atoms with E-state index in [1.807, 2.05) is 0 Å². The monoisotopic (exact) mass is 195 g/mol. The number of hydrogen-bond donors (Lipinski definition) is 1. The third-order valence-corrected chi connectivity index (χ3v) is 4.34. The van der Waals surface area contributed by atoms with Gasteiger partial charge in [-0.2, -0.15) is 0 Å². The van der Waals surface area contributed by atoms with Crippen LogP contribution in [0.5, 0.6) is 0 Å². The van der Waals surface area contributed by atoms with E-state index in [2.05, 4.69) is 4.90 Å². The highest BCUT2D eigenvalue weighted by Gasteiger charge is 2.42. The number of aliphatic hydroxyl groups is 1. The van der Waals surface area contributed by atoms with Gasteiger partial charge in [0.15, 0.2) is 0 Å². The average Bonchev–Trinajstić information content (AvgIpc) is 2.82. The van der Waals surface area contributed by atoms with Gasteiger partial charge in [-0.15, -0.1) is 0 Å². The van der Waals surface area contributed by atoms with Crippen molar-refractivity contribution in [2.75, 3.05) is 13.1 Å². The summed E-state index contributed by atoms with van der Waals surface area (Å²) < 4.78 is 0. The van der Waals surface area contributed by atoms with E-state index in [4.69, 9.17) is 0 Å². The summed E-state index contributed by atoms with van der Waals surface area (Å²) in [5.41, 5.74) is -0.285. The van der Waals surface area contributed by atoms with Gasteiger partial charge in [0.2, 0.25) is 0 Å². The summed E-state index contributed by atoms with van der Waals surface area (Å²) in [5, 5.41) is 10.5. The molecule has 3 rings (SSSR count). The highest BCUT2D eigenvalue weighted by Crippen LogP contribution is 2.43. The molecule has 0 radical (unpaired) electrons. The van der Waals surface area contributed by atoms with E-state index in [1.54, 1.807) is 0 Å². The maximum Gasteiger partial charge on any atom is 0.0677 e. The normalized spacial score (nSPS) is 43.9. The minimum absolute atomic E-state index is 0.285. The molecule has 14 heavy (non-hydrogen) atoms. The molecule has 0 aromatic rings. The number of hydrogen-bond acceptors (Lipinski definition) is 2. The van der Waals surface area contributed by atoms with E-state index in [0.717, 1.165) is 31.7 Å². The molecule has 2 heterocycles. The molecule has 80 valence electrons. The fraction of sp³-hybridized carbons (Fsp3) is 1.00. The minimum Gasteiger partial charge on any atom is -0.390 e. The van der Waals surface area contributed by atoms with Crippen molar-refractivity contribution in [3.63, 3.8) is 0 Å². The van der Waals surface area contributed by atoms with Crippen LogP contribution in [0.3, 0.4) is 0 Å². The maximum atomic E-state index is 10.5. The van der Waals surface area contributed by atoms with E-state index < -0.39 is 0 Å². The molecule has 2 aliphatic heterocycles. The zero-order valence-electron chi connectivity index (χ0n) is 8.91. The Bertz CT molecular complexity index is 226. The van der Waals surface area contributed by atoms with Crippen LogP contribution >= 0.6 is 0 Å². The Balaban J connectivity index is 1.64. The molecule has 1 N–H and O–H groups in total. The van der Waals surface area contributed by atoms with Crippen LogP contribution < -0.4 is 0 Å². The van der Waals surface area contributed by atoms with Crippen molar-refractivity contribution in [3.05, 3.63) is 0 Å². The minimum atomic E-state index is -0.285. The molecule has 0 bridgehead atoms. The maximum absolute atomic E-state index is 10.5. The standard InChI is InChI=1S/C12H21NO/c14-12(8-10-3-4-10)5-7-13-6-1-2-11(13)9-12/h10-11,14H,1-9H2. The molecule has 1 aliphatic carbocycles. The summed E-state index contributed by atoms with van der Waals surface area (Å²) in [6.45, 7) is 2.43. The van der Waals surface area contributed by atoms with Gasteiger partial charge in [-0.25, -0.2) is 0 Å². The van der Waals surface area contributed by atoms with Gasteiger partial charge in [-0.3, -0.25) is 0 Å². The molecule has 0 amide bonds. The molecule has 2 saturated heterocycles. The first-order chi connectivity index (χ1) is 6.75. The quantitative estimate of drug-likeness (QED) is 0.726. The Hall–Kier alpha value is -0.0800. The van der Waals surface area contributed by atoms with Crippen molar-refractivity contribution in [2.24, 2.45) is 5.92 Å². The fourth-order valence-corrected chi connectivity index (χ4v) is 3.36. The third kappa shape index (κ3) is 1.70. The number of rotatable bonds is 2. The molecule has 2 unspecified atom stereocenters. The van der Waals surface area contributed by atoms with Crippen molar-refractivity contribution in [1.29, 1.82) is 0 Å². The van der Waals surface area contributed by atoms with Crippen molar-refractivity contribution in [1.82, 2.24) is 4.90 Å². The summed E-state index contributed by atoms with van der Waals surface area (Å²) in [5.74, 6) is 0.868. The van der Waals surface area contributed by atoms with E-state index in [-0.39, 0.29) is 5.60 Å². The lowest BCUT2D eigenvalue weighted by Crippen LogP contribution is -2.47. The molecule has 0 spiro atoms. The van der Waals surface area contributed by atoms with Gasteiger partial charge in [-0.1, -0.05) is 12.8 Å². The lowest BCUT2D eigenvalue weighted by molar-refractivity contribution is -0.0456. The smallest absolute Gasteiger partial charge is 0.0677 e. The Kier molecular flexibility index (Phi) is 2.10. The summed E-state index contributed by atoms with van der Waals surface area (Å²) in [4.78, 5) is 2.58. The van der Waals surface area contributed by atoms with Crippen LogP contribution in [-0.4, -0.2) is 34.7 Å². The van der Waals surface area contributed by atoms with Gasteiger partial charge in [0.1, 0.15) is 0 Å². The number of nitrogens with zero attached hydrogens (tertiary/aromatic N) is 1. The second kappa shape index (κ2) is 3.21. The molecular formula is C12H21NO. The van der Waals surface area contributed by atoms with Gasteiger partial charge >= 0.3 is 0 Å². The lowest BCUT2D eigenvalue weighted by Gasteiger charge is -2.41. The lowest BCUT2D eigenvalue weighted by atomic mass is 9.82. The van der Waals surface area contributed by atoms with Crippen LogP contribution in [0.1, 0.15) is 44.9 Å². The van der Waals surface area contributed by atoms with Gasteiger partial charge < -0.3 is 10.0 Å². The van der Waals surface area contributed by atoms with E-state index in [9.17, 15) is 5.11 Å². The van der Waals surface area contributed by atoms with Crippen LogP contribution in [0, 0.1) is 5.92 Å². The molecule has 2 nitrogen and oxygen atoms in total. The Morgan fingerprint density at radius 1 is 1.21 bits per heavy atom. The predicted octanol–water partition coefficient (Wildman–Crippen LogP) is 1.78. The molecule has 1 saturated carbocycles. The first kappa shape index (κ1) is 9.17. The molecule has 3 fully saturated rings. The topological polar surface area (TPSA) is 23.5 Å². The second-order valence-corrected chi connectivity index (χ2v) is 5.66. The summed E-state index contributed by atoms with van der Waals surface area (Å²) in [7, 11) is 0. The fourth-order valence-electron chi connectivity index (χ4n) is 3.36. The summed E-state index contributed by atoms with van der Waals surface area (Å²) in [6.07, 6.45) is 8.60. The van der Waals surface area contributed by atoms with Gasteiger partial charge in [0, 0.05) is 12.6 Å². The molecule has 2 heteroatoms. The van der Waals surface area contributed by atoms with E-state index in [1.165, 1.54) is 32.2 Å². The van der Waals surface area contributed by atoms with Crippen LogP contribution in [0.2, 0.25) is 0 Å². The van der Waals surface area contributed by atoms with Gasteiger partial charge in [-0.05, 0) is 44.6 Å². The second-order valence-electron chi connectivity index (χ2n) is 5.66. The highest BCUT2D eigenvalue weighted by molar-refractivity contribution is 4.97.